The first-order valence-corrected chi connectivity index (χ1v) is 8.19. The number of hydrogen-bond donors (Lipinski definition) is 1. The summed E-state index contributed by atoms with van der Waals surface area (Å²) in [4.78, 5) is 13.7. The Morgan fingerprint density at radius 3 is 2.48 bits per heavy atom. The van der Waals surface area contributed by atoms with Crippen LogP contribution in [-0.4, -0.2) is 42.2 Å². The van der Waals surface area contributed by atoms with Crippen molar-refractivity contribution in [1.29, 1.82) is 0 Å². The predicted octanol–water partition coefficient (Wildman–Crippen LogP) is 3.40. The second-order valence-electron chi connectivity index (χ2n) is 5.58. The van der Waals surface area contributed by atoms with Gasteiger partial charge in [0.2, 0.25) is 0 Å². The summed E-state index contributed by atoms with van der Waals surface area (Å²) in [6.45, 7) is 5.12. The van der Waals surface area contributed by atoms with E-state index in [1.54, 1.807) is 0 Å². The monoisotopic (exact) mass is 355 g/mol. The Hall–Kier alpha value is -1.07. The fourth-order valence-corrected chi connectivity index (χ4v) is 3.01. The van der Waals surface area contributed by atoms with Crippen molar-refractivity contribution in [2.45, 2.75) is 26.2 Å². The van der Waals surface area contributed by atoms with E-state index in [9.17, 15) is 9.90 Å². The predicted molar refractivity (Wildman–Crippen MR) is 85.7 cm³/mol. The van der Waals surface area contributed by atoms with Gasteiger partial charge in [-0.25, -0.2) is 0 Å². The number of piperidine rings is 1. The quantitative estimate of drug-likeness (QED) is 0.849. The molecule has 1 heterocycles. The van der Waals surface area contributed by atoms with Gasteiger partial charge in [0.05, 0.1) is 5.41 Å². The van der Waals surface area contributed by atoms with Crippen LogP contribution in [0.25, 0.3) is 0 Å². The van der Waals surface area contributed by atoms with E-state index in [-0.39, 0.29) is 0 Å². The molecule has 0 spiro atoms. The number of nitrogens with zero attached hydrogens (tertiary/aromatic N) is 1. The molecule has 0 aliphatic carbocycles. The lowest BCUT2D eigenvalue weighted by Crippen LogP contribution is -2.45. The number of benzene rings is 1. The van der Waals surface area contributed by atoms with Crippen molar-refractivity contribution in [3.05, 3.63) is 28.7 Å². The normalized spacial score (nSPS) is 18.4. The van der Waals surface area contributed by atoms with Crippen molar-refractivity contribution in [2.75, 3.05) is 26.2 Å². The van der Waals surface area contributed by atoms with Crippen LogP contribution >= 0.6 is 15.9 Å². The topological polar surface area (TPSA) is 49.8 Å². The van der Waals surface area contributed by atoms with Crippen LogP contribution in [0.5, 0.6) is 5.75 Å². The number of carboxylic acids is 1. The second-order valence-corrected chi connectivity index (χ2v) is 6.50. The molecule has 1 aliphatic rings. The molecular weight excluding hydrogens is 334 g/mol. The fraction of sp³-hybridized carbons (Fsp3) is 0.562. The van der Waals surface area contributed by atoms with Gasteiger partial charge in [0.1, 0.15) is 12.4 Å². The summed E-state index contributed by atoms with van der Waals surface area (Å²) in [7, 11) is 0. The van der Waals surface area contributed by atoms with Gasteiger partial charge in [-0.1, -0.05) is 22.9 Å². The van der Waals surface area contributed by atoms with Crippen molar-refractivity contribution in [1.82, 2.24) is 4.90 Å². The SMILES string of the molecule is CCC1(C(=O)O)CCN(CCOc2ccc(Br)cc2)CC1. The smallest absolute Gasteiger partial charge is 0.309 e. The third-order valence-electron chi connectivity index (χ3n) is 4.43. The van der Waals surface area contributed by atoms with Gasteiger partial charge in [-0.15, -0.1) is 0 Å². The lowest BCUT2D eigenvalue weighted by molar-refractivity contribution is -0.152. The van der Waals surface area contributed by atoms with E-state index in [2.05, 4.69) is 20.8 Å². The minimum absolute atomic E-state index is 0.511. The lowest BCUT2D eigenvalue weighted by Gasteiger charge is -2.38. The van der Waals surface area contributed by atoms with Gasteiger partial charge in [0.25, 0.3) is 0 Å². The number of aliphatic carboxylic acids is 1. The van der Waals surface area contributed by atoms with Crippen LogP contribution in [0.15, 0.2) is 28.7 Å². The highest BCUT2D eigenvalue weighted by Crippen LogP contribution is 2.34. The summed E-state index contributed by atoms with van der Waals surface area (Å²) < 4.78 is 6.75. The Balaban J connectivity index is 1.74. The summed E-state index contributed by atoms with van der Waals surface area (Å²) >= 11 is 3.39. The first-order valence-electron chi connectivity index (χ1n) is 7.40. The van der Waals surface area contributed by atoms with E-state index in [0.717, 1.165) is 42.7 Å². The highest BCUT2D eigenvalue weighted by atomic mass is 79.9. The first kappa shape index (κ1) is 16.3. The molecule has 0 amide bonds. The molecule has 0 radical (unpaired) electrons. The second kappa shape index (κ2) is 7.27. The average molecular weight is 356 g/mol. The van der Waals surface area contributed by atoms with E-state index < -0.39 is 11.4 Å². The zero-order valence-electron chi connectivity index (χ0n) is 12.3. The van der Waals surface area contributed by atoms with Gasteiger partial charge in [-0.05, 0) is 56.6 Å². The average Bonchev–Trinajstić information content (AvgIpc) is 2.50. The fourth-order valence-electron chi connectivity index (χ4n) is 2.75. The van der Waals surface area contributed by atoms with Crippen LogP contribution in [-0.2, 0) is 4.79 Å². The molecule has 1 fully saturated rings. The minimum atomic E-state index is -0.643. The summed E-state index contributed by atoms with van der Waals surface area (Å²) in [5, 5.41) is 9.38. The van der Waals surface area contributed by atoms with Crippen LogP contribution in [0.1, 0.15) is 26.2 Å². The first-order chi connectivity index (χ1) is 10.1. The van der Waals surface area contributed by atoms with Crippen LogP contribution in [0, 0.1) is 5.41 Å². The van der Waals surface area contributed by atoms with E-state index in [0.29, 0.717) is 13.0 Å². The molecule has 1 aromatic rings. The molecule has 0 saturated carbocycles. The maximum atomic E-state index is 11.4. The molecule has 0 bridgehead atoms. The van der Waals surface area contributed by atoms with Crippen molar-refractivity contribution < 1.29 is 14.6 Å². The molecule has 0 aromatic heterocycles. The molecule has 1 aromatic carbocycles. The van der Waals surface area contributed by atoms with Gasteiger partial charge in [0.15, 0.2) is 0 Å². The Morgan fingerprint density at radius 2 is 1.95 bits per heavy atom. The zero-order chi connectivity index (χ0) is 15.3. The van der Waals surface area contributed by atoms with Gasteiger partial charge < -0.3 is 9.84 Å². The molecule has 2 rings (SSSR count). The van der Waals surface area contributed by atoms with Crippen molar-refractivity contribution in [3.8, 4) is 5.75 Å². The number of halogens is 1. The third-order valence-corrected chi connectivity index (χ3v) is 4.96. The summed E-state index contributed by atoms with van der Waals surface area (Å²) in [6.07, 6.45) is 2.18. The summed E-state index contributed by atoms with van der Waals surface area (Å²) in [5.74, 6) is 0.222. The number of carbonyl (C=O) groups is 1. The van der Waals surface area contributed by atoms with Crippen molar-refractivity contribution in [3.63, 3.8) is 0 Å². The maximum Gasteiger partial charge on any atom is 0.309 e. The zero-order valence-corrected chi connectivity index (χ0v) is 13.9. The molecule has 0 unspecified atom stereocenters. The number of likely N-dealkylation sites (tertiary alicyclic amines) is 1. The largest absolute Gasteiger partial charge is 0.492 e. The molecule has 1 N–H and O–H groups in total. The highest BCUT2D eigenvalue weighted by molar-refractivity contribution is 9.10. The van der Waals surface area contributed by atoms with E-state index in [1.807, 2.05) is 31.2 Å². The number of hydrogen-bond acceptors (Lipinski definition) is 3. The molecule has 1 saturated heterocycles. The van der Waals surface area contributed by atoms with E-state index >= 15 is 0 Å². The van der Waals surface area contributed by atoms with Gasteiger partial charge >= 0.3 is 5.97 Å². The summed E-state index contributed by atoms with van der Waals surface area (Å²) in [5.41, 5.74) is -0.511. The van der Waals surface area contributed by atoms with Crippen LogP contribution in [0.2, 0.25) is 0 Å². The molecule has 21 heavy (non-hydrogen) atoms. The number of rotatable bonds is 6. The number of ether oxygens (including phenoxy) is 1. The Kier molecular flexibility index (Phi) is 5.65. The standard InChI is InChI=1S/C16H22BrNO3/c1-2-16(15(19)20)7-9-18(10-8-16)11-12-21-14-5-3-13(17)4-6-14/h3-6H,2,7-12H2,1H3,(H,19,20). The Labute approximate surface area is 134 Å². The van der Waals surface area contributed by atoms with Crippen molar-refractivity contribution in [2.24, 2.45) is 5.41 Å². The van der Waals surface area contributed by atoms with Gasteiger partial charge in [-0.2, -0.15) is 0 Å². The molecule has 0 atom stereocenters. The number of carboxylic acid groups (broad SMARTS) is 1. The van der Waals surface area contributed by atoms with E-state index in [1.165, 1.54) is 0 Å². The molecular formula is C16H22BrNO3. The Morgan fingerprint density at radius 1 is 1.33 bits per heavy atom. The van der Waals surface area contributed by atoms with Crippen molar-refractivity contribution >= 4 is 21.9 Å². The minimum Gasteiger partial charge on any atom is -0.492 e. The van der Waals surface area contributed by atoms with Crippen LogP contribution < -0.4 is 4.74 Å². The molecule has 116 valence electrons. The molecule has 5 heteroatoms. The molecule has 1 aliphatic heterocycles. The van der Waals surface area contributed by atoms with Gasteiger partial charge in [0, 0.05) is 11.0 Å². The van der Waals surface area contributed by atoms with Crippen LogP contribution in [0.4, 0.5) is 0 Å². The van der Waals surface area contributed by atoms with Crippen LogP contribution in [0.3, 0.4) is 0 Å². The third kappa shape index (κ3) is 4.20. The highest BCUT2D eigenvalue weighted by Gasteiger charge is 2.39. The maximum absolute atomic E-state index is 11.4. The summed E-state index contributed by atoms with van der Waals surface area (Å²) in [6, 6.07) is 7.79. The van der Waals surface area contributed by atoms with Gasteiger partial charge in [-0.3, -0.25) is 9.69 Å². The van der Waals surface area contributed by atoms with E-state index in [4.69, 9.17) is 4.74 Å². The Bertz CT molecular complexity index is 467. The lowest BCUT2D eigenvalue weighted by atomic mass is 9.76. The molecule has 4 nitrogen and oxygen atoms in total.